The number of phenolic OH excluding ortho intramolecular Hbond substituents is 1. The van der Waals surface area contributed by atoms with E-state index in [4.69, 9.17) is 4.74 Å². The number of rotatable bonds is 6. The molecule has 0 heterocycles. The first-order valence-electron chi connectivity index (χ1n) is 8.75. The number of aromatic hydroxyl groups is 1. The van der Waals surface area contributed by atoms with E-state index < -0.39 is 0 Å². The molecule has 0 radical (unpaired) electrons. The molecule has 0 saturated heterocycles. The molecule has 0 unspecified atom stereocenters. The third-order valence-corrected chi connectivity index (χ3v) is 4.44. The van der Waals surface area contributed by atoms with E-state index in [9.17, 15) is 9.90 Å². The Labute approximate surface area is 158 Å². The van der Waals surface area contributed by atoms with Crippen molar-refractivity contribution in [2.75, 3.05) is 7.11 Å². The van der Waals surface area contributed by atoms with Gasteiger partial charge in [-0.3, -0.25) is 4.79 Å². The summed E-state index contributed by atoms with van der Waals surface area (Å²) >= 11 is 0. The van der Waals surface area contributed by atoms with E-state index >= 15 is 0 Å². The van der Waals surface area contributed by atoms with Gasteiger partial charge in [0, 0.05) is 17.4 Å². The van der Waals surface area contributed by atoms with Crippen molar-refractivity contribution in [2.45, 2.75) is 19.8 Å². The van der Waals surface area contributed by atoms with E-state index in [0.717, 1.165) is 22.1 Å². The molecule has 2 N–H and O–H groups in total. The van der Waals surface area contributed by atoms with Crippen LogP contribution in [0.2, 0.25) is 0 Å². The lowest BCUT2D eigenvalue weighted by Crippen LogP contribution is -2.19. The third kappa shape index (κ3) is 4.44. The van der Waals surface area contributed by atoms with Gasteiger partial charge in [0.25, 0.3) is 0 Å². The standard InChI is InChI=1S/C22H22N2O3/c1-15(19-13-10-17-5-3-4-6-20(17)22(19)26)23-24-21(25)14-9-16-7-11-18(27-2)12-8-16/h3-8,10-13,26H,9,14H2,1-2H3,(H,24,25)/b23-15+. The second kappa shape index (κ2) is 8.36. The minimum absolute atomic E-state index is 0.168. The van der Waals surface area contributed by atoms with E-state index in [1.807, 2.05) is 54.6 Å². The van der Waals surface area contributed by atoms with Gasteiger partial charge in [0.2, 0.25) is 5.91 Å². The van der Waals surface area contributed by atoms with E-state index in [0.29, 0.717) is 24.1 Å². The topological polar surface area (TPSA) is 70.9 Å². The van der Waals surface area contributed by atoms with Crippen molar-refractivity contribution in [2.24, 2.45) is 5.10 Å². The maximum atomic E-state index is 12.1. The van der Waals surface area contributed by atoms with Gasteiger partial charge >= 0.3 is 0 Å². The molecule has 138 valence electrons. The van der Waals surface area contributed by atoms with Gasteiger partial charge in [-0.2, -0.15) is 5.10 Å². The van der Waals surface area contributed by atoms with Crippen LogP contribution in [0, 0.1) is 0 Å². The van der Waals surface area contributed by atoms with Crippen molar-refractivity contribution in [1.29, 1.82) is 0 Å². The number of carbonyl (C=O) groups excluding carboxylic acids is 1. The molecular weight excluding hydrogens is 340 g/mol. The summed E-state index contributed by atoms with van der Waals surface area (Å²) in [7, 11) is 1.62. The van der Waals surface area contributed by atoms with Gasteiger partial charge in [-0.05, 0) is 42.5 Å². The highest BCUT2D eigenvalue weighted by atomic mass is 16.5. The van der Waals surface area contributed by atoms with Crippen LogP contribution in [-0.2, 0) is 11.2 Å². The van der Waals surface area contributed by atoms with E-state index in [2.05, 4.69) is 10.5 Å². The van der Waals surface area contributed by atoms with Crippen molar-refractivity contribution in [3.8, 4) is 11.5 Å². The van der Waals surface area contributed by atoms with Crippen LogP contribution >= 0.6 is 0 Å². The Balaban J connectivity index is 1.62. The summed E-state index contributed by atoms with van der Waals surface area (Å²) in [5, 5.41) is 16.3. The number of hydrogen-bond donors (Lipinski definition) is 2. The Morgan fingerprint density at radius 3 is 2.56 bits per heavy atom. The van der Waals surface area contributed by atoms with E-state index in [-0.39, 0.29) is 11.7 Å². The molecule has 0 spiro atoms. The van der Waals surface area contributed by atoms with Crippen LogP contribution < -0.4 is 10.2 Å². The van der Waals surface area contributed by atoms with Gasteiger partial charge in [0.15, 0.2) is 0 Å². The van der Waals surface area contributed by atoms with Gasteiger partial charge in [-0.25, -0.2) is 5.43 Å². The number of hydrogen-bond acceptors (Lipinski definition) is 4. The predicted molar refractivity (Wildman–Crippen MR) is 107 cm³/mol. The molecule has 0 bridgehead atoms. The van der Waals surface area contributed by atoms with Gasteiger partial charge in [0.1, 0.15) is 11.5 Å². The molecule has 3 aromatic rings. The fourth-order valence-corrected chi connectivity index (χ4v) is 2.86. The fourth-order valence-electron chi connectivity index (χ4n) is 2.86. The first-order valence-corrected chi connectivity index (χ1v) is 8.75. The normalized spacial score (nSPS) is 11.4. The van der Waals surface area contributed by atoms with Crippen LogP contribution in [-0.4, -0.2) is 23.8 Å². The average Bonchev–Trinajstić information content (AvgIpc) is 2.71. The number of hydrazone groups is 1. The summed E-state index contributed by atoms with van der Waals surface area (Å²) in [6, 6.07) is 18.9. The highest BCUT2D eigenvalue weighted by molar-refractivity contribution is 6.06. The van der Waals surface area contributed by atoms with Crippen LogP contribution in [0.3, 0.4) is 0 Å². The molecule has 0 fully saturated rings. The summed E-state index contributed by atoms with van der Waals surface area (Å²) in [6.07, 6.45) is 0.943. The molecule has 0 aliphatic carbocycles. The Kier molecular flexibility index (Phi) is 5.71. The Bertz CT molecular complexity index is 979. The quantitative estimate of drug-likeness (QED) is 0.514. The highest BCUT2D eigenvalue weighted by Gasteiger charge is 2.09. The molecule has 0 aromatic heterocycles. The van der Waals surface area contributed by atoms with Crippen molar-refractivity contribution in [3.05, 3.63) is 71.8 Å². The molecule has 0 aliphatic heterocycles. The SMILES string of the molecule is COc1ccc(CCC(=O)N/N=C(\C)c2ccc3ccccc3c2O)cc1. The van der Waals surface area contributed by atoms with Crippen LogP contribution in [0.25, 0.3) is 10.8 Å². The summed E-state index contributed by atoms with van der Waals surface area (Å²) in [6.45, 7) is 1.76. The number of benzene rings is 3. The van der Waals surface area contributed by atoms with Crippen molar-refractivity contribution >= 4 is 22.4 Å². The molecule has 0 aliphatic rings. The van der Waals surface area contributed by atoms with E-state index in [1.165, 1.54) is 0 Å². The number of aryl methyl sites for hydroxylation is 1. The summed E-state index contributed by atoms with van der Waals surface area (Å²) in [5.74, 6) is 0.783. The predicted octanol–water partition coefficient (Wildman–Crippen LogP) is 4.03. The zero-order chi connectivity index (χ0) is 19.2. The molecule has 5 nitrogen and oxygen atoms in total. The third-order valence-electron chi connectivity index (χ3n) is 4.44. The molecule has 3 rings (SSSR count). The Morgan fingerprint density at radius 2 is 1.81 bits per heavy atom. The number of methoxy groups -OCH3 is 1. The maximum absolute atomic E-state index is 12.1. The van der Waals surface area contributed by atoms with Crippen molar-refractivity contribution in [3.63, 3.8) is 0 Å². The molecule has 3 aromatic carbocycles. The molecular formula is C22H22N2O3. The minimum atomic E-state index is -0.176. The van der Waals surface area contributed by atoms with Crippen LogP contribution in [0.4, 0.5) is 0 Å². The molecule has 0 saturated carbocycles. The van der Waals surface area contributed by atoms with Gasteiger partial charge < -0.3 is 9.84 Å². The fraction of sp³-hybridized carbons (Fsp3) is 0.182. The highest BCUT2D eigenvalue weighted by Crippen LogP contribution is 2.28. The number of carbonyl (C=O) groups is 1. The molecule has 0 atom stereocenters. The number of amides is 1. The first-order chi connectivity index (χ1) is 13.1. The van der Waals surface area contributed by atoms with Crippen LogP contribution in [0.15, 0.2) is 65.8 Å². The van der Waals surface area contributed by atoms with Crippen molar-refractivity contribution < 1.29 is 14.6 Å². The number of phenols is 1. The lowest BCUT2D eigenvalue weighted by molar-refractivity contribution is -0.121. The van der Waals surface area contributed by atoms with Crippen LogP contribution in [0.5, 0.6) is 11.5 Å². The second-order valence-corrected chi connectivity index (χ2v) is 6.26. The number of nitrogens with zero attached hydrogens (tertiary/aromatic N) is 1. The van der Waals surface area contributed by atoms with Crippen LogP contribution in [0.1, 0.15) is 24.5 Å². The summed E-state index contributed by atoms with van der Waals surface area (Å²) in [5.41, 5.74) is 4.77. The largest absolute Gasteiger partial charge is 0.507 e. The summed E-state index contributed by atoms with van der Waals surface area (Å²) in [4.78, 5) is 12.1. The van der Waals surface area contributed by atoms with Gasteiger partial charge in [-0.15, -0.1) is 0 Å². The van der Waals surface area contributed by atoms with Crippen molar-refractivity contribution in [1.82, 2.24) is 5.43 Å². The first kappa shape index (κ1) is 18.5. The average molecular weight is 362 g/mol. The van der Waals surface area contributed by atoms with Gasteiger partial charge in [-0.1, -0.05) is 42.5 Å². The number of ether oxygens (including phenoxy) is 1. The second-order valence-electron chi connectivity index (χ2n) is 6.26. The zero-order valence-corrected chi connectivity index (χ0v) is 15.4. The monoisotopic (exact) mass is 362 g/mol. The number of nitrogens with one attached hydrogen (secondary N) is 1. The zero-order valence-electron chi connectivity index (χ0n) is 15.4. The Hall–Kier alpha value is -3.34. The number of fused-ring (bicyclic) bond motifs is 1. The smallest absolute Gasteiger partial charge is 0.240 e. The summed E-state index contributed by atoms with van der Waals surface area (Å²) < 4.78 is 5.12. The van der Waals surface area contributed by atoms with Gasteiger partial charge in [0.05, 0.1) is 12.8 Å². The molecule has 1 amide bonds. The molecule has 5 heteroatoms. The molecule has 27 heavy (non-hydrogen) atoms. The van der Waals surface area contributed by atoms with E-state index in [1.54, 1.807) is 20.1 Å². The minimum Gasteiger partial charge on any atom is -0.507 e. The Morgan fingerprint density at radius 1 is 1.07 bits per heavy atom. The maximum Gasteiger partial charge on any atom is 0.240 e. The lowest BCUT2D eigenvalue weighted by Gasteiger charge is -2.08. The lowest BCUT2D eigenvalue weighted by atomic mass is 10.0.